The third-order valence-electron chi connectivity index (χ3n) is 4.78. The van der Waals surface area contributed by atoms with E-state index in [9.17, 15) is 4.79 Å². The van der Waals surface area contributed by atoms with E-state index in [-0.39, 0.29) is 12.1 Å². The smallest absolute Gasteiger partial charge is 0.258 e. The number of carbonyl (C=O) groups excluding carboxylic acids is 1. The van der Waals surface area contributed by atoms with Crippen LogP contribution in [0.1, 0.15) is 34.9 Å². The normalized spacial score (nSPS) is 21.9. The van der Waals surface area contributed by atoms with Crippen LogP contribution in [0, 0.1) is 0 Å². The van der Waals surface area contributed by atoms with Crippen molar-refractivity contribution in [2.45, 2.75) is 25.0 Å². The lowest BCUT2D eigenvalue weighted by molar-refractivity contribution is 0.0666. The van der Waals surface area contributed by atoms with Gasteiger partial charge in [0, 0.05) is 11.7 Å². The van der Waals surface area contributed by atoms with Gasteiger partial charge >= 0.3 is 0 Å². The van der Waals surface area contributed by atoms with Crippen LogP contribution < -0.4 is 14.8 Å². The molecule has 0 radical (unpaired) electrons. The number of hydrogen-bond donors (Lipinski definition) is 1. The molecule has 0 unspecified atom stereocenters. The number of anilines is 1. The Morgan fingerprint density at radius 3 is 2.62 bits per heavy atom. The molecule has 24 heavy (non-hydrogen) atoms. The van der Waals surface area contributed by atoms with Crippen LogP contribution in [0.5, 0.6) is 11.5 Å². The number of ether oxygens (including phenoxy) is 2. The van der Waals surface area contributed by atoms with Gasteiger partial charge in [-0.25, -0.2) is 0 Å². The van der Waals surface area contributed by atoms with Crippen molar-refractivity contribution in [2.24, 2.45) is 0 Å². The van der Waals surface area contributed by atoms with E-state index in [2.05, 4.69) is 5.32 Å². The first kappa shape index (κ1) is 13.7. The topological polar surface area (TPSA) is 50.8 Å². The Bertz CT molecular complexity index is 816. The number of rotatable bonds is 2. The van der Waals surface area contributed by atoms with Crippen LogP contribution in [0.4, 0.5) is 5.69 Å². The lowest BCUT2D eigenvalue weighted by Gasteiger charge is -2.38. The van der Waals surface area contributed by atoms with Crippen molar-refractivity contribution in [1.29, 1.82) is 0 Å². The van der Waals surface area contributed by atoms with Gasteiger partial charge < -0.3 is 19.7 Å². The van der Waals surface area contributed by atoms with Crippen LogP contribution >= 0.6 is 0 Å². The first-order valence-corrected chi connectivity index (χ1v) is 8.39. The molecule has 1 aliphatic carbocycles. The molecule has 2 aromatic rings. The summed E-state index contributed by atoms with van der Waals surface area (Å²) in [5.74, 6) is 1.62. The van der Waals surface area contributed by atoms with Crippen LogP contribution in [-0.2, 0) is 0 Å². The SMILES string of the molecule is O=C1c2ccccc2N[C@H](c2ccc3c(c2)OCCO3)N1C1CC1. The summed E-state index contributed by atoms with van der Waals surface area (Å²) in [6.45, 7) is 1.14. The summed E-state index contributed by atoms with van der Waals surface area (Å²) in [6.07, 6.45) is 1.96. The van der Waals surface area contributed by atoms with Crippen molar-refractivity contribution >= 4 is 11.6 Å². The molecule has 5 nitrogen and oxygen atoms in total. The average Bonchev–Trinajstić information content (AvgIpc) is 3.46. The highest BCUT2D eigenvalue weighted by molar-refractivity contribution is 6.02. The summed E-state index contributed by atoms with van der Waals surface area (Å²) >= 11 is 0. The summed E-state index contributed by atoms with van der Waals surface area (Å²) in [6, 6.07) is 14.0. The van der Waals surface area contributed by atoms with Gasteiger partial charge in [-0.1, -0.05) is 18.2 Å². The summed E-state index contributed by atoms with van der Waals surface area (Å²) in [7, 11) is 0. The van der Waals surface area contributed by atoms with Crippen molar-refractivity contribution in [3.05, 3.63) is 53.6 Å². The second-order valence-electron chi connectivity index (χ2n) is 6.44. The first-order chi connectivity index (χ1) is 11.8. The van der Waals surface area contributed by atoms with Gasteiger partial charge in [-0.15, -0.1) is 0 Å². The van der Waals surface area contributed by atoms with Crippen LogP contribution in [0.25, 0.3) is 0 Å². The fourth-order valence-electron chi connectivity index (χ4n) is 3.47. The maximum atomic E-state index is 13.0. The zero-order chi connectivity index (χ0) is 16.1. The third kappa shape index (κ3) is 2.12. The fourth-order valence-corrected chi connectivity index (χ4v) is 3.47. The molecule has 0 saturated heterocycles. The lowest BCUT2D eigenvalue weighted by Crippen LogP contribution is -2.44. The molecule has 3 aliphatic rings. The van der Waals surface area contributed by atoms with Gasteiger partial charge in [0.15, 0.2) is 11.5 Å². The minimum Gasteiger partial charge on any atom is -0.486 e. The molecule has 2 aromatic carbocycles. The molecular weight excluding hydrogens is 304 g/mol. The highest BCUT2D eigenvalue weighted by Crippen LogP contribution is 2.42. The highest BCUT2D eigenvalue weighted by atomic mass is 16.6. The molecular formula is C19H18N2O3. The number of benzene rings is 2. The lowest BCUT2D eigenvalue weighted by atomic mass is 10.0. The second kappa shape index (κ2) is 5.16. The molecule has 1 amide bonds. The summed E-state index contributed by atoms with van der Waals surface area (Å²) in [5, 5.41) is 3.53. The number of nitrogens with one attached hydrogen (secondary N) is 1. The minimum atomic E-state index is -0.171. The quantitative estimate of drug-likeness (QED) is 0.922. The molecule has 1 N–H and O–H groups in total. The molecule has 2 heterocycles. The van der Waals surface area contributed by atoms with Gasteiger partial charge in [-0.3, -0.25) is 4.79 Å². The predicted molar refractivity (Wildman–Crippen MR) is 89.4 cm³/mol. The van der Waals surface area contributed by atoms with Crippen LogP contribution in [0.2, 0.25) is 0 Å². The van der Waals surface area contributed by atoms with Crippen molar-refractivity contribution in [1.82, 2.24) is 4.90 Å². The third-order valence-corrected chi connectivity index (χ3v) is 4.78. The summed E-state index contributed by atoms with van der Waals surface area (Å²) in [4.78, 5) is 15.0. The van der Waals surface area contributed by atoms with Crippen LogP contribution in [0.15, 0.2) is 42.5 Å². The maximum Gasteiger partial charge on any atom is 0.258 e. The van der Waals surface area contributed by atoms with Crippen LogP contribution in [-0.4, -0.2) is 30.1 Å². The predicted octanol–water partition coefficient (Wildman–Crippen LogP) is 3.19. The largest absolute Gasteiger partial charge is 0.486 e. The molecule has 5 rings (SSSR count). The van der Waals surface area contributed by atoms with E-state index < -0.39 is 0 Å². The van der Waals surface area contributed by atoms with E-state index in [1.165, 1.54) is 0 Å². The molecule has 1 atom stereocenters. The molecule has 5 heteroatoms. The van der Waals surface area contributed by atoms with Crippen molar-refractivity contribution in [3.63, 3.8) is 0 Å². The molecule has 0 bridgehead atoms. The van der Waals surface area contributed by atoms with E-state index >= 15 is 0 Å². The number of hydrogen-bond acceptors (Lipinski definition) is 4. The number of amides is 1. The number of fused-ring (bicyclic) bond motifs is 2. The Kier molecular flexibility index (Phi) is 2.95. The molecule has 1 fully saturated rings. The van der Waals surface area contributed by atoms with E-state index in [1.807, 2.05) is 47.4 Å². The molecule has 122 valence electrons. The number of para-hydroxylation sites is 1. The second-order valence-corrected chi connectivity index (χ2v) is 6.44. The summed E-state index contributed by atoms with van der Waals surface area (Å²) < 4.78 is 11.3. The zero-order valence-corrected chi connectivity index (χ0v) is 13.2. The van der Waals surface area contributed by atoms with E-state index in [4.69, 9.17) is 9.47 Å². The summed E-state index contributed by atoms with van der Waals surface area (Å²) in [5.41, 5.74) is 2.66. The number of carbonyl (C=O) groups is 1. The van der Waals surface area contributed by atoms with Gasteiger partial charge in [0.2, 0.25) is 0 Å². The Morgan fingerprint density at radius 1 is 1.00 bits per heavy atom. The van der Waals surface area contributed by atoms with Crippen molar-refractivity contribution in [2.75, 3.05) is 18.5 Å². The standard InChI is InChI=1S/C19H18N2O3/c22-19-14-3-1-2-4-15(14)20-18(21(19)13-6-7-13)12-5-8-16-17(11-12)24-10-9-23-16/h1-5,8,11,13,18,20H,6-7,9-10H2/t18-/m0/s1. The van der Waals surface area contributed by atoms with Gasteiger partial charge in [-0.2, -0.15) is 0 Å². The Morgan fingerprint density at radius 2 is 1.79 bits per heavy atom. The first-order valence-electron chi connectivity index (χ1n) is 8.39. The number of nitrogens with zero attached hydrogens (tertiary/aromatic N) is 1. The maximum absolute atomic E-state index is 13.0. The van der Waals surface area contributed by atoms with E-state index in [0.717, 1.165) is 41.2 Å². The average molecular weight is 322 g/mol. The Labute approximate surface area is 140 Å². The van der Waals surface area contributed by atoms with E-state index in [1.54, 1.807) is 0 Å². The van der Waals surface area contributed by atoms with Gasteiger partial charge in [-0.05, 0) is 42.7 Å². The Hall–Kier alpha value is -2.69. The highest BCUT2D eigenvalue weighted by Gasteiger charge is 2.42. The zero-order valence-electron chi connectivity index (χ0n) is 13.2. The van der Waals surface area contributed by atoms with E-state index in [0.29, 0.717) is 19.3 Å². The minimum absolute atomic E-state index is 0.103. The molecule has 0 spiro atoms. The van der Waals surface area contributed by atoms with Crippen LogP contribution in [0.3, 0.4) is 0 Å². The molecule has 1 saturated carbocycles. The van der Waals surface area contributed by atoms with Crippen molar-refractivity contribution < 1.29 is 14.3 Å². The molecule has 2 aliphatic heterocycles. The monoisotopic (exact) mass is 322 g/mol. The van der Waals surface area contributed by atoms with Gasteiger partial charge in [0.05, 0.1) is 5.56 Å². The van der Waals surface area contributed by atoms with Gasteiger partial charge in [0.1, 0.15) is 19.4 Å². The molecule has 0 aromatic heterocycles. The Balaban J connectivity index is 1.57. The fraction of sp³-hybridized carbons (Fsp3) is 0.316. The van der Waals surface area contributed by atoms with Crippen molar-refractivity contribution in [3.8, 4) is 11.5 Å². The van der Waals surface area contributed by atoms with Gasteiger partial charge in [0.25, 0.3) is 5.91 Å².